The van der Waals surface area contributed by atoms with Gasteiger partial charge >= 0.3 is 5.97 Å². The van der Waals surface area contributed by atoms with Gasteiger partial charge in [0.25, 0.3) is 0 Å². The fraction of sp³-hybridized carbons (Fsp3) is 0.909. The molecular weight excluding hydrogens is 508 g/mol. The van der Waals surface area contributed by atoms with Gasteiger partial charge in [0, 0.05) is 32.0 Å². The van der Waals surface area contributed by atoms with Gasteiger partial charge in [-0.25, -0.2) is 0 Å². The van der Waals surface area contributed by atoms with Gasteiger partial charge in [-0.15, -0.1) is 0 Å². The zero-order valence-electron chi connectivity index (χ0n) is 25.8. The molecule has 0 aromatic heterocycles. The summed E-state index contributed by atoms with van der Waals surface area (Å²) in [7, 11) is 1.44. The average Bonchev–Trinajstić information content (AvgIpc) is 3.25. The lowest BCUT2D eigenvalue weighted by atomic mass is 9.80. The number of ether oxygens (including phenoxy) is 5. The molecule has 0 amide bonds. The van der Waals surface area contributed by atoms with Crippen molar-refractivity contribution in [2.75, 3.05) is 20.3 Å². The van der Waals surface area contributed by atoms with Crippen LogP contribution in [0.5, 0.6) is 0 Å². The maximum Gasteiger partial charge on any atom is 0.305 e. The van der Waals surface area contributed by atoms with Crippen molar-refractivity contribution in [1.82, 2.24) is 0 Å². The van der Waals surface area contributed by atoms with E-state index in [-0.39, 0.29) is 48.0 Å². The fourth-order valence-corrected chi connectivity index (χ4v) is 6.49. The first-order chi connectivity index (χ1) is 19.3. The van der Waals surface area contributed by atoms with E-state index in [4.69, 9.17) is 23.7 Å². The first kappa shape index (κ1) is 33.5. The van der Waals surface area contributed by atoms with Crippen LogP contribution in [0.25, 0.3) is 0 Å². The van der Waals surface area contributed by atoms with Crippen LogP contribution in [0.15, 0.2) is 12.2 Å². The normalized spacial score (nSPS) is 30.5. The number of carbonyl (C=O) groups is 1. The second-order valence-electron chi connectivity index (χ2n) is 12.9. The van der Waals surface area contributed by atoms with Crippen LogP contribution in [0.2, 0.25) is 0 Å². The lowest BCUT2D eigenvalue weighted by Gasteiger charge is -2.36. The highest BCUT2D eigenvalue weighted by molar-refractivity contribution is 5.68. The van der Waals surface area contributed by atoms with Crippen molar-refractivity contribution in [2.24, 2.45) is 17.3 Å². The average molecular weight is 567 g/mol. The number of carbonyl (C=O) groups excluding carboxylic acids is 1. The molecule has 3 rings (SSSR count). The zero-order valence-corrected chi connectivity index (χ0v) is 25.8. The van der Waals surface area contributed by atoms with Crippen molar-refractivity contribution in [2.45, 2.75) is 154 Å². The molecule has 3 fully saturated rings. The van der Waals surface area contributed by atoms with E-state index in [0.717, 1.165) is 103 Å². The van der Waals surface area contributed by atoms with E-state index in [1.165, 1.54) is 7.11 Å². The maximum atomic E-state index is 11.4. The number of hydrogen-bond acceptors (Lipinski definition) is 7. The van der Waals surface area contributed by atoms with E-state index < -0.39 is 6.10 Å². The van der Waals surface area contributed by atoms with Crippen molar-refractivity contribution >= 4 is 5.97 Å². The summed E-state index contributed by atoms with van der Waals surface area (Å²) >= 11 is 0. The molecule has 1 N–H and O–H groups in total. The van der Waals surface area contributed by atoms with Crippen molar-refractivity contribution in [1.29, 1.82) is 0 Å². The number of methoxy groups -OCH3 is 1. The smallest absolute Gasteiger partial charge is 0.305 e. The van der Waals surface area contributed by atoms with Crippen molar-refractivity contribution in [3.63, 3.8) is 0 Å². The molecular formula is C33H58O7. The van der Waals surface area contributed by atoms with E-state index in [0.29, 0.717) is 12.8 Å². The van der Waals surface area contributed by atoms with E-state index in [2.05, 4.69) is 32.9 Å². The summed E-state index contributed by atoms with van der Waals surface area (Å²) in [6.07, 6.45) is 19.4. The molecule has 232 valence electrons. The Morgan fingerprint density at radius 3 is 2.35 bits per heavy atom. The first-order valence-electron chi connectivity index (χ1n) is 16.3. The van der Waals surface area contributed by atoms with Crippen LogP contribution in [0.1, 0.15) is 124 Å². The molecule has 1 saturated carbocycles. The van der Waals surface area contributed by atoms with Crippen LogP contribution in [-0.2, 0) is 28.5 Å². The molecule has 0 spiro atoms. The Morgan fingerprint density at radius 1 is 1.00 bits per heavy atom. The molecule has 7 heteroatoms. The first-order valence-corrected chi connectivity index (χ1v) is 16.3. The summed E-state index contributed by atoms with van der Waals surface area (Å²) in [4.78, 5) is 11.4. The predicted octanol–water partition coefficient (Wildman–Crippen LogP) is 7.09. The highest BCUT2D eigenvalue weighted by atomic mass is 16.7. The molecule has 2 aliphatic heterocycles. The van der Waals surface area contributed by atoms with Gasteiger partial charge in [-0.3, -0.25) is 4.79 Å². The van der Waals surface area contributed by atoms with Gasteiger partial charge in [-0.1, -0.05) is 65.0 Å². The number of esters is 1. The van der Waals surface area contributed by atoms with Crippen LogP contribution in [0, 0.1) is 17.3 Å². The predicted molar refractivity (Wildman–Crippen MR) is 157 cm³/mol. The Bertz CT molecular complexity index is 726. The second kappa shape index (κ2) is 17.8. The largest absolute Gasteiger partial charge is 0.469 e. The van der Waals surface area contributed by atoms with E-state index in [1.54, 1.807) is 0 Å². The molecule has 3 aliphatic rings. The van der Waals surface area contributed by atoms with Crippen molar-refractivity contribution in [3.05, 3.63) is 12.2 Å². The summed E-state index contributed by atoms with van der Waals surface area (Å²) in [6, 6.07) is 0. The van der Waals surface area contributed by atoms with Crippen molar-refractivity contribution in [3.8, 4) is 0 Å². The van der Waals surface area contributed by atoms with E-state index >= 15 is 0 Å². The molecule has 2 heterocycles. The summed E-state index contributed by atoms with van der Waals surface area (Å²) in [6.45, 7) is 8.36. The minimum Gasteiger partial charge on any atom is -0.469 e. The molecule has 1 aliphatic carbocycles. The number of aliphatic hydroxyl groups excluding tert-OH is 1. The molecule has 0 aromatic rings. The Labute approximate surface area is 243 Å². The quantitative estimate of drug-likeness (QED) is 0.114. The van der Waals surface area contributed by atoms with Crippen LogP contribution in [0.3, 0.4) is 0 Å². The molecule has 2 unspecified atom stereocenters. The van der Waals surface area contributed by atoms with E-state index in [1.807, 2.05) is 0 Å². The molecule has 0 radical (unpaired) electrons. The summed E-state index contributed by atoms with van der Waals surface area (Å²) < 4.78 is 29.8. The number of aliphatic hydroxyl groups is 1. The van der Waals surface area contributed by atoms with Gasteiger partial charge in [0.1, 0.15) is 0 Å². The standard InChI is InChI=1S/C33H58O7/c1-5-6-21-33(2,3)29(40-32-18-12-14-23-38-32)20-19-26-25(15-9-7-8-10-16-30(35)36-4)27(34)24-28(26)39-31-17-11-13-22-37-31/h19-20,25-29,31-32,34H,5-18,21-24H2,1-4H3/b20-19+/t25-,26-,27+,28-,29-,31?,32?/m1/s1. The van der Waals surface area contributed by atoms with Gasteiger partial charge in [0.05, 0.1) is 25.4 Å². The topological polar surface area (TPSA) is 83.5 Å². The van der Waals surface area contributed by atoms with Gasteiger partial charge < -0.3 is 28.8 Å². The molecule has 7 nitrogen and oxygen atoms in total. The van der Waals surface area contributed by atoms with Gasteiger partial charge in [0.15, 0.2) is 12.6 Å². The van der Waals surface area contributed by atoms with Crippen LogP contribution >= 0.6 is 0 Å². The fourth-order valence-electron chi connectivity index (χ4n) is 6.49. The second-order valence-corrected chi connectivity index (χ2v) is 12.9. The molecule has 7 atom stereocenters. The minimum absolute atomic E-state index is 0.0253. The van der Waals surface area contributed by atoms with Gasteiger partial charge in [0.2, 0.25) is 0 Å². The highest BCUT2D eigenvalue weighted by Gasteiger charge is 2.43. The third-order valence-corrected chi connectivity index (χ3v) is 9.14. The van der Waals surface area contributed by atoms with Gasteiger partial charge in [-0.05, 0) is 69.1 Å². The molecule has 40 heavy (non-hydrogen) atoms. The van der Waals surface area contributed by atoms with E-state index in [9.17, 15) is 9.90 Å². The SMILES string of the molecule is CCCCC(C)(C)[C@@H](/C=C/[C@@H]1[C@@H](CCCCCCC(=O)OC)[C@@H](O)C[C@H]1OC1CCCCO1)OC1CCCCO1. The Kier molecular flexibility index (Phi) is 15.0. The third-order valence-electron chi connectivity index (χ3n) is 9.14. The Hall–Kier alpha value is -0.990. The van der Waals surface area contributed by atoms with Crippen LogP contribution in [0.4, 0.5) is 0 Å². The number of hydrogen-bond donors (Lipinski definition) is 1. The van der Waals surface area contributed by atoms with Crippen molar-refractivity contribution < 1.29 is 33.6 Å². The monoisotopic (exact) mass is 566 g/mol. The summed E-state index contributed by atoms with van der Waals surface area (Å²) in [5.41, 5.74) is -0.0253. The number of rotatable bonds is 17. The lowest BCUT2D eigenvalue weighted by Crippen LogP contribution is -2.37. The molecule has 0 bridgehead atoms. The third kappa shape index (κ3) is 11.0. The highest BCUT2D eigenvalue weighted by Crippen LogP contribution is 2.41. The summed E-state index contributed by atoms with van der Waals surface area (Å²) in [5, 5.41) is 11.2. The van der Waals surface area contributed by atoms with Crippen LogP contribution in [-0.4, -0.2) is 62.3 Å². The van der Waals surface area contributed by atoms with Gasteiger partial charge in [-0.2, -0.15) is 0 Å². The van der Waals surface area contributed by atoms with Crippen LogP contribution < -0.4 is 0 Å². The molecule has 2 saturated heterocycles. The summed E-state index contributed by atoms with van der Waals surface area (Å²) in [5.74, 6) is 0.102. The maximum absolute atomic E-state index is 11.4. The zero-order chi connectivity index (χ0) is 28.8. The minimum atomic E-state index is -0.396. The Morgan fingerprint density at radius 2 is 1.70 bits per heavy atom. The number of unbranched alkanes of at least 4 members (excludes halogenated alkanes) is 4. The Balaban J connectivity index is 1.70. The molecule has 0 aromatic carbocycles. The lowest BCUT2D eigenvalue weighted by molar-refractivity contribution is -0.198.